The Hall–Kier alpha value is -2.13. The van der Waals surface area contributed by atoms with Gasteiger partial charge in [0.05, 0.1) is 13.2 Å². The SMILES string of the molecule is CN=C(NCCc1cccc(C(=O)N(C)C)c1)N1CCC(COCc2ccccc2)C1.I. The van der Waals surface area contributed by atoms with E-state index in [2.05, 4.69) is 33.4 Å². The summed E-state index contributed by atoms with van der Waals surface area (Å²) in [6.07, 6.45) is 1.95. The number of benzene rings is 2. The number of likely N-dealkylation sites (tertiary alicyclic amines) is 1. The summed E-state index contributed by atoms with van der Waals surface area (Å²) in [7, 11) is 5.38. The molecule has 3 rings (SSSR count). The van der Waals surface area contributed by atoms with Crippen LogP contribution in [0.2, 0.25) is 0 Å². The fourth-order valence-electron chi connectivity index (χ4n) is 3.85. The molecule has 174 valence electrons. The smallest absolute Gasteiger partial charge is 0.253 e. The number of ether oxygens (including phenoxy) is 1. The van der Waals surface area contributed by atoms with E-state index in [1.165, 1.54) is 5.56 Å². The van der Waals surface area contributed by atoms with E-state index in [9.17, 15) is 4.79 Å². The number of rotatable bonds is 8. The van der Waals surface area contributed by atoms with E-state index >= 15 is 0 Å². The van der Waals surface area contributed by atoms with E-state index in [0.29, 0.717) is 12.5 Å². The van der Waals surface area contributed by atoms with Gasteiger partial charge in [0.1, 0.15) is 0 Å². The lowest BCUT2D eigenvalue weighted by Crippen LogP contribution is -2.41. The molecule has 0 spiro atoms. The number of aliphatic imine (C=N–C) groups is 1. The number of carbonyl (C=O) groups is 1. The van der Waals surface area contributed by atoms with Crippen LogP contribution < -0.4 is 5.32 Å². The van der Waals surface area contributed by atoms with Crippen LogP contribution in [0.1, 0.15) is 27.9 Å². The molecular formula is C25H35IN4O2. The van der Waals surface area contributed by atoms with Crippen molar-refractivity contribution in [3.8, 4) is 0 Å². The molecule has 1 unspecified atom stereocenters. The lowest BCUT2D eigenvalue weighted by molar-refractivity contribution is 0.0827. The molecule has 0 aromatic heterocycles. The molecule has 2 aromatic carbocycles. The first-order valence-corrected chi connectivity index (χ1v) is 10.9. The molecule has 6 nitrogen and oxygen atoms in total. The van der Waals surface area contributed by atoms with Crippen LogP contribution in [0.4, 0.5) is 0 Å². The first-order valence-electron chi connectivity index (χ1n) is 10.9. The molecule has 7 heteroatoms. The Kier molecular flexibility index (Phi) is 11.0. The van der Waals surface area contributed by atoms with Crippen LogP contribution in [0.25, 0.3) is 0 Å². The second-order valence-electron chi connectivity index (χ2n) is 8.23. The molecule has 1 N–H and O–H groups in total. The number of guanidine groups is 1. The van der Waals surface area contributed by atoms with Gasteiger partial charge in [-0.25, -0.2) is 0 Å². The fourth-order valence-corrected chi connectivity index (χ4v) is 3.85. The average Bonchev–Trinajstić information content (AvgIpc) is 3.25. The van der Waals surface area contributed by atoms with Gasteiger partial charge in [-0.1, -0.05) is 42.5 Å². The lowest BCUT2D eigenvalue weighted by Gasteiger charge is -2.22. The monoisotopic (exact) mass is 550 g/mol. The van der Waals surface area contributed by atoms with Crippen molar-refractivity contribution in [1.82, 2.24) is 15.1 Å². The second-order valence-corrected chi connectivity index (χ2v) is 8.23. The van der Waals surface area contributed by atoms with Crippen molar-refractivity contribution < 1.29 is 9.53 Å². The third-order valence-electron chi connectivity index (χ3n) is 5.54. The summed E-state index contributed by atoms with van der Waals surface area (Å²) in [6, 6.07) is 18.2. The van der Waals surface area contributed by atoms with Gasteiger partial charge in [0, 0.05) is 52.3 Å². The van der Waals surface area contributed by atoms with Crippen molar-refractivity contribution in [2.24, 2.45) is 10.9 Å². The molecular weight excluding hydrogens is 515 g/mol. The van der Waals surface area contributed by atoms with Crippen molar-refractivity contribution in [3.05, 3.63) is 71.3 Å². The molecule has 0 saturated carbocycles. The highest BCUT2D eigenvalue weighted by Crippen LogP contribution is 2.17. The van der Waals surface area contributed by atoms with Gasteiger partial charge >= 0.3 is 0 Å². The van der Waals surface area contributed by atoms with Crippen molar-refractivity contribution in [2.45, 2.75) is 19.4 Å². The molecule has 1 atom stereocenters. The zero-order valence-corrected chi connectivity index (χ0v) is 21.6. The normalized spacial score (nSPS) is 15.9. The number of carbonyl (C=O) groups excluding carboxylic acids is 1. The topological polar surface area (TPSA) is 57.2 Å². The van der Waals surface area contributed by atoms with E-state index in [1.807, 2.05) is 43.4 Å². The van der Waals surface area contributed by atoms with Crippen LogP contribution in [0.3, 0.4) is 0 Å². The minimum atomic E-state index is 0. The van der Waals surface area contributed by atoms with Gasteiger partial charge in [-0.3, -0.25) is 9.79 Å². The van der Waals surface area contributed by atoms with Crippen LogP contribution in [0, 0.1) is 5.92 Å². The molecule has 1 amide bonds. The standard InChI is InChI=1S/C25H34N4O2.HI/c1-26-25(27-14-12-20-10-7-11-23(16-20)24(30)28(2)3)29-15-13-22(17-29)19-31-18-21-8-5-4-6-9-21;/h4-11,16,22H,12-15,17-19H2,1-3H3,(H,26,27);1H. The number of hydrogen-bond acceptors (Lipinski definition) is 3. The van der Waals surface area contributed by atoms with Crippen LogP contribution >= 0.6 is 24.0 Å². The van der Waals surface area contributed by atoms with E-state index in [-0.39, 0.29) is 29.9 Å². The molecule has 1 fully saturated rings. The number of amides is 1. The van der Waals surface area contributed by atoms with Crippen molar-refractivity contribution >= 4 is 35.8 Å². The lowest BCUT2D eigenvalue weighted by atomic mass is 10.1. The third-order valence-corrected chi connectivity index (χ3v) is 5.54. The fraction of sp³-hybridized carbons (Fsp3) is 0.440. The molecule has 0 bridgehead atoms. The Balaban J connectivity index is 0.00000363. The molecule has 32 heavy (non-hydrogen) atoms. The molecule has 2 aromatic rings. The summed E-state index contributed by atoms with van der Waals surface area (Å²) in [4.78, 5) is 20.5. The Labute approximate surface area is 209 Å². The highest BCUT2D eigenvalue weighted by Gasteiger charge is 2.24. The van der Waals surface area contributed by atoms with E-state index in [0.717, 1.165) is 56.2 Å². The largest absolute Gasteiger partial charge is 0.376 e. The molecule has 1 heterocycles. The first-order chi connectivity index (χ1) is 15.1. The number of hydrogen-bond donors (Lipinski definition) is 1. The maximum atomic E-state index is 12.2. The zero-order valence-electron chi connectivity index (χ0n) is 19.3. The maximum Gasteiger partial charge on any atom is 0.253 e. The first kappa shape index (κ1) is 26.1. The van der Waals surface area contributed by atoms with E-state index in [4.69, 9.17) is 4.74 Å². The summed E-state index contributed by atoms with van der Waals surface area (Å²) in [5.74, 6) is 1.49. The van der Waals surface area contributed by atoms with Crippen LogP contribution in [-0.4, -0.2) is 69.1 Å². The maximum absolute atomic E-state index is 12.2. The van der Waals surface area contributed by atoms with Gasteiger partial charge in [0.2, 0.25) is 0 Å². The predicted octanol–water partition coefficient (Wildman–Crippen LogP) is 3.66. The van der Waals surface area contributed by atoms with Crippen molar-refractivity contribution in [1.29, 1.82) is 0 Å². The van der Waals surface area contributed by atoms with Crippen LogP contribution in [0.5, 0.6) is 0 Å². The average molecular weight is 550 g/mol. The van der Waals surface area contributed by atoms with Crippen LogP contribution in [0.15, 0.2) is 59.6 Å². The highest BCUT2D eigenvalue weighted by molar-refractivity contribution is 14.0. The summed E-state index contributed by atoms with van der Waals surface area (Å²) in [5.41, 5.74) is 3.08. The molecule has 1 aliphatic heterocycles. The number of halogens is 1. The number of nitrogens with one attached hydrogen (secondary N) is 1. The Morgan fingerprint density at radius 3 is 2.62 bits per heavy atom. The summed E-state index contributed by atoms with van der Waals surface area (Å²) >= 11 is 0. The van der Waals surface area contributed by atoms with E-state index < -0.39 is 0 Å². The Morgan fingerprint density at radius 1 is 1.16 bits per heavy atom. The van der Waals surface area contributed by atoms with Gasteiger partial charge < -0.3 is 19.9 Å². The molecule has 1 aliphatic rings. The summed E-state index contributed by atoms with van der Waals surface area (Å²) < 4.78 is 5.93. The molecule has 0 radical (unpaired) electrons. The quantitative estimate of drug-likeness (QED) is 0.310. The zero-order chi connectivity index (χ0) is 22.1. The summed E-state index contributed by atoms with van der Waals surface area (Å²) in [6.45, 7) is 4.17. The van der Waals surface area contributed by atoms with Gasteiger partial charge in [-0.2, -0.15) is 0 Å². The van der Waals surface area contributed by atoms with Gasteiger partial charge in [-0.15, -0.1) is 24.0 Å². The molecule has 1 saturated heterocycles. The minimum absolute atomic E-state index is 0. The Morgan fingerprint density at radius 2 is 1.91 bits per heavy atom. The van der Waals surface area contributed by atoms with E-state index in [1.54, 1.807) is 19.0 Å². The van der Waals surface area contributed by atoms with Gasteiger partial charge in [-0.05, 0) is 36.1 Å². The number of nitrogens with zero attached hydrogens (tertiary/aromatic N) is 3. The highest BCUT2D eigenvalue weighted by atomic mass is 127. The van der Waals surface area contributed by atoms with Crippen molar-refractivity contribution in [2.75, 3.05) is 47.4 Å². The summed E-state index contributed by atoms with van der Waals surface area (Å²) in [5, 5.41) is 3.47. The van der Waals surface area contributed by atoms with Gasteiger partial charge in [0.15, 0.2) is 5.96 Å². The molecule has 0 aliphatic carbocycles. The second kappa shape index (κ2) is 13.4. The Bertz CT molecular complexity index is 873. The van der Waals surface area contributed by atoms with Gasteiger partial charge in [0.25, 0.3) is 5.91 Å². The van der Waals surface area contributed by atoms with Crippen LogP contribution in [-0.2, 0) is 17.8 Å². The minimum Gasteiger partial charge on any atom is -0.376 e. The van der Waals surface area contributed by atoms with Crippen molar-refractivity contribution in [3.63, 3.8) is 0 Å². The predicted molar refractivity (Wildman–Crippen MR) is 141 cm³/mol. The third kappa shape index (κ3) is 7.78.